The van der Waals surface area contributed by atoms with E-state index in [9.17, 15) is 0 Å². The Morgan fingerprint density at radius 2 is 1.00 bits per heavy atom. The van der Waals surface area contributed by atoms with Gasteiger partial charge in [-0.25, -0.2) is 0 Å². The predicted octanol–water partition coefficient (Wildman–Crippen LogP) is 1.55. The van der Waals surface area contributed by atoms with Crippen molar-refractivity contribution in [3.8, 4) is 0 Å². The SMILES string of the molecule is C1=C[C@@]2(C=CCO2)[C@@H]([C@H]2OCC=C[C@@]23C=CCO3)OC1. The molecule has 0 bridgehead atoms. The Kier molecular flexibility index (Phi) is 2.93. The highest BCUT2D eigenvalue weighted by molar-refractivity contribution is 5.32. The summed E-state index contributed by atoms with van der Waals surface area (Å²) in [5.74, 6) is 0. The first-order valence-corrected chi connectivity index (χ1v) is 7.07. The van der Waals surface area contributed by atoms with E-state index in [1.54, 1.807) is 0 Å². The van der Waals surface area contributed by atoms with Crippen LogP contribution < -0.4 is 0 Å². The Morgan fingerprint density at radius 3 is 1.40 bits per heavy atom. The fourth-order valence-electron chi connectivity index (χ4n) is 3.39. The highest BCUT2D eigenvalue weighted by atomic mass is 16.6. The largest absolute Gasteiger partial charge is 0.368 e. The average Bonchev–Trinajstić information content (AvgIpc) is 3.12. The first-order chi connectivity index (χ1) is 9.85. The molecule has 0 aliphatic carbocycles. The number of hydrogen-bond donors (Lipinski definition) is 0. The molecule has 4 atom stereocenters. The van der Waals surface area contributed by atoms with Crippen LogP contribution >= 0.6 is 0 Å². The van der Waals surface area contributed by atoms with Gasteiger partial charge in [-0.05, 0) is 24.3 Å². The molecule has 0 aromatic carbocycles. The third-order valence-corrected chi connectivity index (χ3v) is 4.28. The van der Waals surface area contributed by atoms with Crippen LogP contribution in [-0.2, 0) is 18.9 Å². The van der Waals surface area contributed by atoms with Crippen LogP contribution in [-0.4, -0.2) is 49.8 Å². The van der Waals surface area contributed by atoms with Crippen LogP contribution in [0.4, 0.5) is 0 Å². The van der Waals surface area contributed by atoms with Gasteiger partial charge in [0.15, 0.2) is 0 Å². The van der Waals surface area contributed by atoms with Gasteiger partial charge < -0.3 is 18.9 Å². The Labute approximate surface area is 118 Å². The van der Waals surface area contributed by atoms with Crippen molar-refractivity contribution < 1.29 is 18.9 Å². The van der Waals surface area contributed by atoms with Crippen molar-refractivity contribution in [2.45, 2.75) is 23.4 Å². The summed E-state index contributed by atoms with van der Waals surface area (Å²) in [6.45, 7) is 2.37. The van der Waals surface area contributed by atoms with Crippen molar-refractivity contribution in [3.63, 3.8) is 0 Å². The molecule has 0 aromatic heterocycles. The van der Waals surface area contributed by atoms with Crippen LogP contribution in [0.3, 0.4) is 0 Å². The second-order valence-corrected chi connectivity index (χ2v) is 5.45. The summed E-state index contributed by atoms with van der Waals surface area (Å²) >= 11 is 0. The van der Waals surface area contributed by atoms with Crippen molar-refractivity contribution in [3.05, 3.63) is 48.6 Å². The minimum absolute atomic E-state index is 0.209. The minimum Gasteiger partial charge on any atom is -0.368 e. The molecule has 0 saturated carbocycles. The summed E-state index contributed by atoms with van der Waals surface area (Å²) in [6.07, 6.45) is 16.0. The molecule has 2 spiro atoms. The van der Waals surface area contributed by atoms with Crippen molar-refractivity contribution in [2.24, 2.45) is 0 Å². The molecule has 0 N–H and O–H groups in total. The Hall–Kier alpha value is -1.20. The van der Waals surface area contributed by atoms with E-state index in [1.165, 1.54) is 0 Å². The normalized spacial score (nSPS) is 46.0. The summed E-state index contributed by atoms with van der Waals surface area (Å²) in [6, 6.07) is 0. The fourth-order valence-corrected chi connectivity index (χ4v) is 3.39. The lowest BCUT2D eigenvalue weighted by atomic mass is 9.81. The zero-order chi connectivity index (χ0) is 13.5. The summed E-state index contributed by atoms with van der Waals surface area (Å²) < 4.78 is 23.9. The molecule has 0 fully saturated rings. The Bertz CT molecular complexity index is 461. The Balaban J connectivity index is 1.72. The van der Waals surface area contributed by atoms with E-state index < -0.39 is 11.2 Å². The van der Waals surface area contributed by atoms with Gasteiger partial charge >= 0.3 is 0 Å². The maximum atomic E-state index is 6.01. The lowest BCUT2D eigenvalue weighted by Crippen LogP contribution is -2.60. The zero-order valence-electron chi connectivity index (χ0n) is 11.2. The van der Waals surface area contributed by atoms with Gasteiger partial charge in [0.2, 0.25) is 0 Å². The number of rotatable bonds is 1. The Morgan fingerprint density at radius 1 is 0.600 bits per heavy atom. The molecule has 0 amide bonds. The molecule has 4 aliphatic rings. The van der Waals surface area contributed by atoms with Gasteiger partial charge in [0.05, 0.1) is 26.4 Å². The van der Waals surface area contributed by atoms with E-state index in [1.807, 2.05) is 24.3 Å². The minimum atomic E-state index is -0.527. The lowest BCUT2D eigenvalue weighted by Gasteiger charge is -2.46. The summed E-state index contributed by atoms with van der Waals surface area (Å²) in [5, 5.41) is 0. The standard InChI is InChI=1S/C16H18O4/c1-5-15(7-3-11-19-15)13(17-9-1)14-16(6-2-10-18-14)8-4-12-20-16/h1-8,13-14H,9-12H2/t13-,14-,15-,16-/m1/s1. The molecular weight excluding hydrogens is 256 g/mol. The second kappa shape index (κ2) is 4.67. The van der Waals surface area contributed by atoms with Gasteiger partial charge in [0.25, 0.3) is 0 Å². The molecule has 4 rings (SSSR count). The number of ether oxygens (including phenoxy) is 4. The molecule has 0 saturated heterocycles. The smallest absolute Gasteiger partial charge is 0.134 e. The summed E-state index contributed by atoms with van der Waals surface area (Å²) in [4.78, 5) is 0. The quantitative estimate of drug-likeness (QED) is 0.680. The fraction of sp³-hybridized carbons (Fsp3) is 0.500. The van der Waals surface area contributed by atoms with Crippen LogP contribution in [0.5, 0.6) is 0 Å². The van der Waals surface area contributed by atoms with Crippen molar-refractivity contribution in [1.29, 1.82) is 0 Å². The second-order valence-electron chi connectivity index (χ2n) is 5.45. The van der Waals surface area contributed by atoms with Crippen LogP contribution in [0.15, 0.2) is 48.6 Å². The highest BCUT2D eigenvalue weighted by Crippen LogP contribution is 2.40. The van der Waals surface area contributed by atoms with E-state index in [0.29, 0.717) is 26.4 Å². The predicted molar refractivity (Wildman–Crippen MR) is 73.4 cm³/mol. The van der Waals surface area contributed by atoms with Crippen LogP contribution in [0.1, 0.15) is 0 Å². The van der Waals surface area contributed by atoms with E-state index >= 15 is 0 Å². The topological polar surface area (TPSA) is 36.9 Å². The van der Waals surface area contributed by atoms with E-state index in [0.717, 1.165) is 0 Å². The summed E-state index contributed by atoms with van der Waals surface area (Å²) in [7, 11) is 0. The van der Waals surface area contributed by atoms with Gasteiger partial charge in [-0.1, -0.05) is 24.3 Å². The van der Waals surface area contributed by atoms with E-state index in [4.69, 9.17) is 18.9 Å². The van der Waals surface area contributed by atoms with Crippen molar-refractivity contribution in [2.75, 3.05) is 26.4 Å². The van der Waals surface area contributed by atoms with Gasteiger partial charge in [-0.2, -0.15) is 0 Å². The zero-order valence-corrected chi connectivity index (χ0v) is 11.2. The first-order valence-electron chi connectivity index (χ1n) is 7.07. The molecule has 4 nitrogen and oxygen atoms in total. The van der Waals surface area contributed by atoms with Gasteiger partial charge in [0, 0.05) is 0 Å². The molecule has 106 valence electrons. The maximum Gasteiger partial charge on any atom is 0.134 e. The van der Waals surface area contributed by atoms with Crippen molar-refractivity contribution >= 4 is 0 Å². The third kappa shape index (κ3) is 1.76. The average molecular weight is 274 g/mol. The molecule has 4 heteroatoms. The summed E-state index contributed by atoms with van der Waals surface area (Å²) in [5.41, 5.74) is -1.05. The molecule has 4 aliphatic heterocycles. The molecule has 0 radical (unpaired) electrons. The molecule has 4 heterocycles. The van der Waals surface area contributed by atoms with Crippen LogP contribution in [0, 0.1) is 0 Å². The third-order valence-electron chi connectivity index (χ3n) is 4.28. The molecule has 0 aromatic rings. The lowest BCUT2D eigenvalue weighted by molar-refractivity contribution is -0.189. The van der Waals surface area contributed by atoms with E-state index in [-0.39, 0.29) is 12.2 Å². The molecule has 20 heavy (non-hydrogen) atoms. The maximum absolute atomic E-state index is 6.01. The molecule has 0 unspecified atom stereocenters. The monoisotopic (exact) mass is 274 g/mol. The van der Waals surface area contributed by atoms with Crippen molar-refractivity contribution in [1.82, 2.24) is 0 Å². The highest BCUT2D eigenvalue weighted by Gasteiger charge is 2.53. The van der Waals surface area contributed by atoms with E-state index in [2.05, 4.69) is 24.3 Å². The van der Waals surface area contributed by atoms with Gasteiger partial charge in [-0.15, -0.1) is 0 Å². The van der Waals surface area contributed by atoms with Crippen LogP contribution in [0.25, 0.3) is 0 Å². The van der Waals surface area contributed by atoms with Gasteiger partial charge in [-0.3, -0.25) is 0 Å². The number of hydrogen-bond acceptors (Lipinski definition) is 4. The first kappa shape index (κ1) is 12.5. The van der Waals surface area contributed by atoms with Gasteiger partial charge in [0.1, 0.15) is 23.4 Å². The van der Waals surface area contributed by atoms with Crippen LogP contribution in [0.2, 0.25) is 0 Å². The molecular formula is C16H18O4.